The van der Waals surface area contributed by atoms with Crippen molar-refractivity contribution in [2.75, 3.05) is 0 Å². The van der Waals surface area contributed by atoms with Crippen LogP contribution in [0, 0.1) is 0 Å². The van der Waals surface area contributed by atoms with E-state index >= 15 is 0 Å². The van der Waals surface area contributed by atoms with Crippen molar-refractivity contribution < 1.29 is 11.0 Å². The zero-order valence-electron chi connectivity index (χ0n) is 22.3. The van der Waals surface area contributed by atoms with Crippen molar-refractivity contribution in [2.45, 2.75) is 53.4 Å². The minimum atomic E-state index is -0.464. The molecule has 0 radical (unpaired) electrons. The maximum atomic E-state index is 13.2. The van der Waals surface area contributed by atoms with Gasteiger partial charge in [0.1, 0.15) is 0 Å². The van der Waals surface area contributed by atoms with Gasteiger partial charge in [-0.1, -0.05) is 0 Å². The number of aromatic amines is 2. The third kappa shape index (κ3) is 7.16. The minimum Gasteiger partial charge on any atom is -0.412 e. The molecule has 0 atom stereocenters. The Hall–Kier alpha value is -3.52. The molecule has 214 valence electrons. The maximum Gasteiger partial charge on any atom is -0.412 e. The summed E-state index contributed by atoms with van der Waals surface area (Å²) in [6.45, 7) is 7.55. The summed E-state index contributed by atoms with van der Waals surface area (Å²) in [5.41, 5.74) is 0.903. The summed E-state index contributed by atoms with van der Waals surface area (Å²) in [5.74, 6) is 0.216. The first kappa shape index (κ1) is 32.7. The van der Waals surface area contributed by atoms with E-state index in [-0.39, 0.29) is 45.1 Å². The van der Waals surface area contributed by atoms with E-state index in [1.165, 1.54) is 33.4 Å². The molecular weight excluding hydrogens is 654 g/mol. The number of nitrogens with one attached hydrogen (secondary N) is 2. The molecule has 0 bridgehead atoms. The molecule has 0 spiro atoms. The van der Waals surface area contributed by atoms with E-state index in [2.05, 4.69) is 19.9 Å². The SMILES string of the molecule is CCc1cc(=O)[nH]c(-n2c([Se][Se]c3nc(CC)cc(=O)n3-c3nc(CC)cc(=O)[nH]3)nc(CC)cc2=O)n1.O.O. The first-order valence-corrected chi connectivity index (χ1v) is 18.1. The fraction of sp³-hybridized carbons (Fsp3) is 0.333. The minimum absolute atomic E-state index is 0. The average molecular weight is 684 g/mol. The Balaban J connectivity index is 0.00000280. The average Bonchev–Trinajstić information content (AvgIpc) is 2.90. The van der Waals surface area contributed by atoms with Crippen molar-refractivity contribution in [3.63, 3.8) is 0 Å². The van der Waals surface area contributed by atoms with Crippen molar-refractivity contribution >= 4 is 35.7 Å². The van der Waals surface area contributed by atoms with Crippen LogP contribution in [0.15, 0.2) is 43.4 Å². The van der Waals surface area contributed by atoms with Crippen LogP contribution in [-0.2, 0) is 25.7 Å². The van der Waals surface area contributed by atoms with Gasteiger partial charge in [-0.2, -0.15) is 0 Å². The summed E-state index contributed by atoms with van der Waals surface area (Å²) in [6.07, 6.45) is 2.15. The summed E-state index contributed by atoms with van der Waals surface area (Å²) in [6, 6.07) is 5.66. The van der Waals surface area contributed by atoms with E-state index in [1.807, 2.05) is 27.7 Å². The van der Waals surface area contributed by atoms with E-state index in [9.17, 15) is 19.2 Å². The zero-order valence-corrected chi connectivity index (χ0v) is 25.7. The van der Waals surface area contributed by atoms with E-state index in [4.69, 9.17) is 9.97 Å². The van der Waals surface area contributed by atoms with Crippen LogP contribution in [0.1, 0.15) is 50.5 Å². The first-order valence-electron chi connectivity index (χ1n) is 12.1. The predicted molar refractivity (Wildman–Crippen MR) is 152 cm³/mol. The van der Waals surface area contributed by atoms with Gasteiger partial charge in [0.25, 0.3) is 0 Å². The molecule has 0 amide bonds. The van der Waals surface area contributed by atoms with Gasteiger partial charge in [-0.25, -0.2) is 0 Å². The van der Waals surface area contributed by atoms with Gasteiger partial charge in [0.05, 0.1) is 0 Å². The van der Waals surface area contributed by atoms with Crippen LogP contribution in [0.2, 0.25) is 0 Å². The van der Waals surface area contributed by atoms with Gasteiger partial charge >= 0.3 is 228 Å². The number of hydrogen-bond acceptors (Lipinski definition) is 8. The molecule has 0 fully saturated rings. The second-order valence-electron chi connectivity index (χ2n) is 8.11. The number of hydrogen-bond donors (Lipinski definition) is 2. The normalized spacial score (nSPS) is 10.6. The van der Waals surface area contributed by atoms with Crippen molar-refractivity contribution in [1.29, 1.82) is 0 Å². The van der Waals surface area contributed by atoms with Crippen LogP contribution in [0.3, 0.4) is 0 Å². The quantitative estimate of drug-likeness (QED) is 0.171. The van der Waals surface area contributed by atoms with Gasteiger partial charge in [0.15, 0.2) is 0 Å². The molecule has 4 aromatic heterocycles. The van der Waals surface area contributed by atoms with Gasteiger partial charge in [-0.15, -0.1) is 0 Å². The molecule has 4 aromatic rings. The zero-order chi connectivity index (χ0) is 27.4. The molecule has 0 aliphatic carbocycles. The largest absolute Gasteiger partial charge is 0.412 e. The number of aromatic nitrogens is 8. The molecule has 0 aromatic carbocycles. The molecule has 6 N–H and O–H groups in total. The topological polar surface area (TPSA) is 224 Å². The van der Waals surface area contributed by atoms with E-state index in [0.717, 1.165) is 0 Å². The molecular formula is C24H30N8O6Se2. The van der Waals surface area contributed by atoms with Crippen molar-refractivity contribution in [1.82, 2.24) is 39.0 Å². The number of H-pyrrole nitrogens is 2. The second kappa shape index (κ2) is 14.2. The molecule has 40 heavy (non-hydrogen) atoms. The van der Waals surface area contributed by atoms with E-state index in [0.29, 0.717) is 57.9 Å². The van der Waals surface area contributed by atoms with Crippen molar-refractivity contribution in [3.05, 3.63) is 88.5 Å². The Kier molecular flexibility index (Phi) is 11.6. The van der Waals surface area contributed by atoms with Crippen LogP contribution in [0.4, 0.5) is 0 Å². The van der Waals surface area contributed by atoms with Gasteiger partial charge in [-0.05, 0) is 0 Å². The second-order valence-corrected chi connectivity index (χ2v) is 14.0. The molecule has 0 unspecified atom stereocenters. The van der Waals surface area contributed by atoms with Crippen LogP contribution in [0.25, 0.3) is 11.9 Å². The summed E-state index contributed by atoms with van der Waals surface area (Å²) in [4.78, 5) is 74.4. The summed E-state index contributed by atoms with van der Waals surface area (Å²) in [7, 11) is 0. The Morgan fingerprint density at radius 2 is 0.900 bits per heavy atom. The summed E-state index contributed by atoms with van der Waals surface area (Å²) in [5, 5.41) is 0. The fourth-order valence-electron chi connectivity index (χ4n) is 3.51. The number of aryl methyl sites for hydroxylation is 4. The van der Waals surface area contributed by atoms with Crippen LogP contribution < -0.4 is 31.7 Å². The maximum absolute atomic E-state index is 13.2. The predicted octanol–water partition coefficient (Wildman–Crippen LogP) is -3.18. The molecule has 0 saturated carbocycles. The van der Waals surface area contributed by atoms with E-state index in [1.54, 1.807) is 0 Å². The van der Waals surface area contributed by atoms with Crippen LogP contribution in [-0.4, -0.2) is 76.3 Å². The Bertz CT molecular complexity index is 1600. The van der Waals surface area contributed by atoms with Crippen molar-refractivity contribution in [2.24, 2.45) is 0 Å². The standard InChI is InChI=1S/C24H26N8O4Se2.2H2O/c1-5-13-9-17(33)29-21(25-13)31-19(35)11-15(7-3)27-23(31)37-38-24-28-16(8-4)12-20(36)32(24)22-26-14(6-2)10-18(34)30-22;;/h9-12H,5-8H2,1-4H3,(H,25,29,33)(H,26,30,34);2*1H2. The molecule has 16 heteroatoms. The van der Waals surface area contributed by atoms with Gasteiger partial charge in [0.2, 0.25) is 0 Å². The molecule has 0 aliphatic rings. The Morgan fingerprint density at radius 1 is 0.575 bits per heavy atom. The van der Waals surface area contributed by atoms with Gasteiger partial charge < -0.3 is 11.0 Å². The van der Waals surface area contributed by atoms with Gasteiger partial charge in [0, 0.05) is 0 Å². The first-order chi connectivity index (χ1) is 18.3. The van der Waals surface area contributed by atoms with Crippen LogP contribution in [0.5, 0.6) is 0 Å². The number of rotatable bonds is 9. The fourth-order valence-corrected chi connectivity index (χ4v) is 9.59. The Labute approximate surface area is 238 Å². The molecule has 4 heterocycles. The molecule has 0 aliphatic heterocycles. The Morgan fingerprint density at radius 3 is 1.23 bits per heavy atom. The number of nitrogens with zero attached hydrogens (tertiary/aromatic N) is 6. The smallest absolute Gasteiger partial charge is 0.412 e. The summed E-state index contributed by atoms with van der Waals surface area (Å²) < 4.78 is 3.55. The molecule has 4 rings (SSSR count). The van der Waals surface area contributed by atoms with Crippen LogP contribution >= 0.6 is 0 Å². The third-order valence-electron chi connectivity index (χ3n) is 5.51. The van der Waals surface area contributed by atoms with E-state index < -0.39 is 26.3 Å². The van der Waals surface area contributed by atoms with Gasteiger partial charge in [-0.3, -0.25) is 0 Å². The molecule has 0 saturated heterocycles. The monoisotopic (exact) mass is 686 g/mol. The summed E-state index contributed by atoms with van der Waals surface area (Å²) >= 11 is -0.928. The molecule has 14 nitrogen and oxygen atoms in total. The van der Waals surface area contributed by atoms with Crippen molar-refractivity contribution in [3.8, 4) is 11.9 Å². The third-order valence-corrected chi connectivity index (χ3v) is 11.6.